The van der Waals surface area contributed by atoms with Gasteiger partial charge in [-0.2, -0.15) is 0 Å². The summed E-state index contributed by atoms with van der Waals surface area (Å²) in [4.78, 5) is 25.9. The van der Waals surface area contributed by atoms with Gasteiger partial charge in [0.1, 0.15) is 0 Å². The normalized spacial score (nSPS) is 16.4. The number of amides is 2. The molecule has 40 heavy (non-hydrogen) atoms. The number of hydrogen-bond acceptors (Lipinski definition) is 4. The second-order valence-corrected chi connectivity index (χ2v) is 13.9. The SMILES string of the molecule is CC(C)(C)c1ccc(C(=O)Nc2cccc(NC(=O)[C@H]3CCCN(S(=O)(=O)Cc4ccc(Cl)cc4Cl)C3)c2)cc1. The molecule has 4 rings (SSSR count). The van der Waals surface area contributed by atoms with Crippen molar-refractivity contribution < 1.29 is 18.0 Å². The predicted molar refractivity (Wildman–Crippen MR) is 162 cm³/mol. The fourth-order valence-electron chi connectivity index (χ4n) is 4.58. The van der Waals surface area contributed by atoms with Gasteiger partial charge >= 0.3 is 0 Å². The van der Waals surface area contributed by atoms with Crippen molar-refractivity contribution in [2.45, 2.75) is 44.8 Å². The molecule has 0 aliphatic carbocycles. The van der Waals surface area contributed by atoms with Gasteiger partial charge in [0.2, 0.25) is 15.9 Å². The van der Waals surface area contributed by atoms with E-state index in [1.807, 2.05) is 12.1 Å². The Kier molecular flexibility index (Phi) is 9.25. The van der Waals surface area contributed by atoms with Crippen LogP contribution in [0.2, 0.25) is 10.0 Å². The minimum absolute atomic E-state index is 0.00842. The van der Waals surface area contributed by atoms with E-state index in [2.05, 4.69) is 31.4 Å². The number of benzene rings is 3. The number of piperidine rings is 1. The molecule has 1 heterocycles. The average Bonchev–Trinajstić information content (AvgIpc) is 2.90. The Morgan fingerprint density at radius 2 is 1.62 bits per heavy atom. The third-order valence-corrected chi connectivity index (χ3v) is 9.28. The van der Waals surface area contributed by atoms with Crippen LogP contribution in [0.25, 0.3) is 0 Å². The molecule has 2 N–H and O–H groups in total. The number of rotatable bonds is 7. The average molecular weight is 603 g/mol. The summed E-state index contributed by atoms with van der Waals surface area (Å²) in [7, 11) is -3.69. The van der Waals surface area contributed by atoms with E-state index >= 15 is 0 Å². The summed E-state index contributed by atoms with van der Waals surface area (Å²) in [6.07, 6.45) is 1.14. The fraction of sp³-hybridized carbons (Fsp3) is 0.333. The molecule has 0 unspecified atom stereocenters. The van der Waals surface area contributed by atoms with Crippen LogP contribution in [0.1, 0.15) is 55.1 Å². The van der Waals surface area contributed by atoms with E-state index < -0.39 is 15.9 Å². The third-order valence-electron chi connectivity index (χ3n) is 6.90. The lowest BCUT2D eigenvalue weighted by Gasteiger charge is -2.31. The van der Waals surface area contributed by atoms with Crippen molar-refractivity contribution in [3.8, 4) is 0 Å². The number of halogens is 2. The van der Waals surface area contributed by atoms with Gasteiger partial charge in [0.15, 0.2) is 0 Å². The lowest BCUT2D eigenvalue weighted by Crippen LogP contribution is -2.44. The highest BCUT2D eigenvalue weighted by Gasteiger charge is 2.33. The molecular weight excluding hydrogens is 569 g/mol. The molecule has 3 aromatic carbocycles. The highest BCUT2D eigenvalue weighted by Crippen LogP contribution is 2.27. The van der Waals surface area contributed by atoms with Crippen molar-refractivity contribution in [3.05, 3.63) is 93.5 Å². The second kappa shape index (κ2) is 12.3. The van der Waals surface area contributed by atoms with Gasteiger partial charge in [-0.05, 0) is 71.8 Å². The highest BCUT2D eigenvalue weighted by atomic mass is 35.5. The van der Waals surface area contributed by atoms with Crippen LogP contribution in [-0.4, -0.2) is 37.6 Å². The smallest absolute Gasteiger partial charge is 0.255 e. The monoisotopic (exact) mass is 601 g/mol. The quantitative estimate of drug-likeness (QED) is 0.314. The molecule has 0 saturated carbocycles. The zero-order chi connectivity index (χ0) is 29.1. The van der Waals surface area contributed by atoms with Crippen molar-refractivity contribution in [2.75, 3.05) is 23.7 Å². The number of anilines is 2. The molecule has 1 saturated heterocycles. The van der Waals surface area contributed by atoms with Crippen molar-refractivity contribution in [1.29, 1.82) is 0 Å². The summed E-state index contributed by atoms with van der Waals surface area (Å²) in [5, 5.41) is 6.47. The number of nitrogens with one attached hydrogen (secondary N) is 2. The van der Waals surface area contributed by atoms with Gasteiger partial charge in [0, 0.05) is 40.1 Å². The first-order valence-corrected chi connectivity index (χ1v) is 15.4. The maximum absolute atomic E-state index is 13.1. The molecule has 1 fully saturated rings. The first-order valence-electron chi connectivity index (χ1n) is 13.1. The number of carbonyl (C=O) groups excluding carboxylic acids is 2. The van der Waals surface area contributed by atoms with Crippen LogP contribution >= 0.6 is 23.2 Å². The number of sulfonamides is 1. The Morgan fingerprint density at radius 1 is 0.950 bits per heavy atom. The van der Waals surface area contributed by atoms with Crippen molar-refractivity contribution in [3.63, 3.8) is 0 Å². The molecule has 7 nitrogen and oxygen atoms in total. The molecule has 1 aliphatic rings. The van der Waals surface area contributed by atoms with Gasteiger partial charge in [-0.3, -0.25) is 9.59 Å². The van der Waals surface area contributed by atoms with E-state index in [0.717, 1.165) is 5.56 Å². The summed E-state index contributed by atoms with van der Waals surface area (Å²) in [5.74, 6) is -1.30. The van der Waals surface area contributed by atoms with Crippen molar-refractivity contribution in [2.24, 2.45) is 5.92 Å². The molecule has 0 radical (unpaired) electrons. The van der Waals surface area contributed by atoms with E-state index in [4.69, 9.17) is 23.2 Å². The Hall–Kier alpha value is -2.91. The summed E-state index contributed by atoms with van der Waals surface area (Å²) in [6.45, 7) is 6.77. The van der Waals surface area contributed by atoms with Crippen LogP contribution in [0.5, 0.6) is 0 Å². The largest absolute Gasteiger partial charge is 0.326 e. The molecular formula is C30H33Cl2N3O4S. The zero-order valence-electron chi connectivity index (χ0n) is 22.7. The fourth-order valence-corrected chi connectivity index (χ4v) is 6.78. The molecule has 1 atom stereocenters. The molecule has 3 aromatic rings. The summed E-state index contributed by atoms with van der Waals surface area (Å²) in [5.41, 5.74) is 3.17. The maximum Gasteiger partial charge on any atom is 0.255 e. The summed E-state index contributed by atoms with van der Waals surface area (Å²) in [6, 6.07) is 19.1. The van der Waals surface area contributed by atoms with Gasteiger partial charge < -0.3 is 10.6 Å². The highest BCUT2D eigenvalue weighted by molar-refractivity contribution is 7.88. The zero-order valence-corrected chi connectivity index (χ0v) is 25.0. The Bertz CT molecular complexity index is 1500. The lowest BCUT2D eigenvalue weighted by molar-refractivity contribution is -0.120. The van der Waals surface area contributed by atoms with Crippen LogP contribution < -0.4 is 10.6 Å². The minimum Gasteiger partial charge on any atom is -0.326 e. The molecule has 10 heteroatoms. The van der Waals surface area contributed by atoms with E-state index in [0.29, 0.717) is 46.9 Å². The predicted octanol–water partition coefficient (Wildman–Crippen LogP) is 6.72. The van der Waals surface area contributed by atoms with Crippen LogP contribution in [0.4, 0.5) is 11.4 Å². The van der Waals surface area contributed by atoms with Crippen LogP contribution in [0.15, 0.2) is 66.7 Å². The van der Waals surface area contributed by atoms with Crippen LogP contribution in [0, 0.1) is 5.92 Å². The Labute approximate surface area is 245 Å². The molecule has 1 aliphatic heterocycles. The van der Waals surface area contributed by atoms with Gasteiger partial charge in [0.25, 0.3) is 5.91 Å². The maximum atomic E-state index is 13.1. The van der Waals surface area contributed by atoms with Crippen molar-refractivity contribution >= 4 is 56.4 Å². The van der Waals surface area contributed by atoms with Gasteiger partial charge in [0.05, 0.1) is 11.7 Å². The summed E-state index contributed by atoms with van der Waals surface area (Å²) >= 11 is 12.1. The van der Waals surface area contributed by atoms with E-state index in [-0.39, 0.29) is 34.5 Å². The number of nitrogens with zero attached hydrogens (tertiary/aromatic N) is 1. The van der Waals surface area contributed by atoms with Gasteiger partial charge in [-0.1, -0.05) is 68.2 Å². The minimum atomic E-state index is -3.69. The molecule has 2 amide bonds. The third kappa shape index (κ3) is 7.63. The Balaban J connectivity index is 1.37. The molecule has 212 valence electrons. The van der Waals surface area contributed by atoms with E-state index in [1.165, 1.54) is 10.4 Å². The van der Waals surface area contributed by atoms with Gasteiger partial charge in [-0.25, -0.2) is 12.7 Å². The number of hydrogen-bond donors (Lipinski definition) is 2. The standard InChI is InChI=1S/C30H33Cl2N3O4S/c1-30(2,3)23-12-9-20(10-13-23)28(36)33-25-7-4-8-26(17-25)34-29(37)21-6-5-15-35(18-21)40(38,39)19-22-11-14-24(31)16-27(22)32/h4,7-14,16-17,21H,5-6,15,18-19H2,1-3H3,(H,33,36)(H,34,37)/t21-/m0/s1. The molecule has 0 aromatic heterocycles. The van der Waals surface area contributed by atoms with Crippen molar-refractivity contribution in [1.82, 2.24) is 4.31 Å². The topological polar surface area (TPSA) is 95.6 Å². The molecule has 0 bridgehead atoms. The second-order valence-electron chi connectivity index (χ2n) is 11.0. The van der Waals surface area contributed by atoms with Crippen LogP contribution in [0.3, 0.4) is 0 Å². The first-order chi connectivity index (χ1) is 18.8. The Morgan fingerprint density at radius 3 is 2.27 bits per heavy atom. The first kappa shape index (κ1) is 30.1. The van der Waals surface area contributed by atoms with E-state index in [1.54, 1.807) is 48.5 Å². The van der Waals surface area contributed by atoms with E-state index in [9.17, 15) is 18.0 Å². The summed E-state index contributed by atoms with van der Waals surface area (Å²) < 4.78 is 27.6. The molecule has 0 spiro atoms. The lowest BCUT2D eigenvalue weighted by atomic mass is 9.87. The number of carbonyl (C=O) groups is 2. The van der Waals surface area contributed by atoms with Gasteiger partial charge in [-0.15, -0.1) is 0 Å². The van der Waals surface area contributed by atoms with Crippen LogP contribution in [-0.2, 0) is 26.0 Å².